The van der Waals surface area contributed by atoms with Crippen LogP contribution in [0.3, 0.4) is 0 Å². The summed E-state index contributed by atoms with van der Waals surface area (Å²) in [7, 11) is 5.40. The first-order chi connectivity index (χ1) is 3.42. The number of hydrogen-bond acceptors (Lipinski definition) is 2. The van der Waals surface area contributed by atoms with Crippen LogP contribution in [0.1, 0.15) is 0 Å². The molecule has 0 aromatic carbocycles. The van der Waals surface area contributed by atoms with Crippen LogP contribution in [-0.4, -0.2) is 38.1 Å². The Morgan fingerprint density at radius 1 is 1.44 bits per heavy atom. The van der Waals surface area contributed by atoms with Crippen molar-refractivity contribution in [2.75, 3.05) is 27.7 Å². The van der Waals surface area contributed by atoms with Gasteiger partial charge >= 0.3 is 22.4 Å². The number of likely N-dealkylation sites (N-methyl/N-ethyl adjacent to an activating group) is 1. The molecule has 3 nitrogen and oxygen atoms in total. The van der Waals surface area contributed by atoms with Crippen LogP contribution < -0.4 is 5.11 Å². The Hall–Kier alpha value is 0.170. The summed E-state index contributed by atoms with van der Waals surface area (Å²) in [4.78, 5) is 9.89. The molecular weight excluding hydrogens is 303 g/mol. The summed E-state index contributed by atoms with van der Waals surface area (Å²) in [6.07, 6.45) is 0. The first-order valence-corrected chi connectivity index (χ1v) is 2.42. The average Bonchev–Trinajstić information content (AvgIpc) is 1.21. The van der Waals surface area contributed by atoms with Gasteiger partial charge in [-0.25, -0.2) is 0 Å². The van der Waals surface area contributed by atoms with Crippen molar-refractivity contribution in [3.05, 3.63) is 0 Å². The molecule has 0 spiro atoms. The Labute approximate surface area is 70.8 Å². The minimum atomic E-state index is -1.00. The molecule has 58 valence electrons. The fourth-order valence-electron chi connectivity index (χ4n) is 0.387. The molecule has 0 atom stereocenters. The fourth-order valence-corrected chi connectivity index (χ4v) is 0.387. The van der Waals surface area contributed by atoms with Crippen LogP contribution in [0, 0.1) is 0 Å². The molecule has 0 amide bonds. The van der Waals surface area contributed by atoms with Crippen molar-refractivity contribution >= 4 is 5.97 Å². The van der Waals surface area contributed by atoms with Gasteiger partial charge in [0.15, 0.2) is 0 Å². The standard InChI is InChI=1S/C5H11NO2.Au/c1-6(2,3)4-5(7)8;/h4H2,1-3H3;/q;+1. The van der Waals surface area contributed by atoms with E-state index < -0.39 is 5.97 Å². The van der Waals surface area contributed by atoms with E-state index in [1.165, 1.54) is 0 Å². The SMILES string of the molecule is C[N+](C)(C)CC(=O)[O-].[Au+]. The van der Waals surface area contributed by atoms with Crippen molar-refractivity contribution in [2.24, 2.45) is 0 Å². The Morgan fingerprint density at radius 2 is 1.78 bits per heavy atom. The fraction of sp³-hybridized carbons (Fsp3) is 0.800. The average molecular weight is 314 g/mol. The summed E-state index contributed by atoms with van der Waals surface area (Å²) < 4.78 is 0.419. The third kappa shape index (κ3) is 11.6. The van der Waals surface area contributed by atoms with Gasteiger partial charge < -0.3 is 14.4 Å². The molecule has 0 aliphatic carbocycles. The second-order valence-electron chi connectivity index (χ2n) is 2.82. The van der Waals surface area contributed by atoms with Gasteiger partial charge in [-0.05, 0) is 0 Å². The van der Waals surface area contributed by atoms with Crippen molar-refractivity contribution in [1.82, 2.24) is 0 Å². The van der Waals surface area contributed by atoms with Gasteiger partial charge in [-0.2, -0.15) is 0 Å². The van der Waals surface area contributed by atoms with Crippen molar-refractivity contribution in [3.8, 4) is 0 Å². The largest absolute Gasteiger partial charge is 1.00 e. The van der Waals surface area contributed by atoms with Gasteiger partial charge in [-0.1, -0.05) is 0 Å². The predicted octanol–water partition coefficient (Wildman–Crippen LogP) is -1.56. The minimum absolute atomic E-state index is 0. The first kappa shape index (κ1) is 11.9. The normalized spacial score (nSPS) is 10.1. The Bertz CT molecular complexity index is 97.6. The number of carbonyl (C=O) groups excluding carboxylic acids is 1. The maximum atomic E-state index is 9.89. The van der Waals surface area contributed by atoms with Gasteiger partial charge in [-0.3, -0.25) is 0 Å². The van der Waals surface area contributed by atoms with E-state index in [1.54, 1.807) is 21.1 Å². The van der Waals surface area contributed by atoms with Crippen LogP contribution >= 0.6 is 0 Å². The van der Waals surface area contributed by atoms with Crippen molar-refractivity contribution < 1.29 is 36.8 Å². The van der Waals surface area contributed by atoms with Crippen LogP contribution in [0.15, 0.2) is 0 Å². The van der Waals surface area contributed by atoms with Gasteiger partial charge in [0.1, 0.15) is 6.54 Å². The van der Waals surface area contributed by atoms with Gasteiger partial charge in [0.2, 0.25) is 0 Å². The third-order valence-electron chi connectivity index (χ3n) is 0.603. The molecule has 0 aliphatic rings. The van der Waals surface area contributed by atoms with E-state index >= 15 is 0 Å². The first-order valence-electron chi connectivity index (χ1n) is 2.42. The molecule has 0 bridgehead atoms. The Kier molecular flexibility index (Phi) is 5.37. The molecule has 0 aromatic rings. The van der Waals surface area contributed by atoms with Crippen LogP contribution in [0.2, 0.25) is 0 Å². The zero-order valence-corrected chi connectivity index (χ0v) is 7.94. The maximum Gasteiger partial charge on any atom is 1.00 e. The van der Waals surface area contributed by atoms with Gasteiger partial charge in [0.25, 0.3) is 0 Å². The second kappa shape index (κ2) is 4.06. The number of aliphatic carboxylic acids is 1. The number of quaternary nitrogens is 1. The summed E-state index contributed by atoms with van der Waals surface area (Å²) in [5, 5.41) is 9.89. The number of carbonyl (C=O) groups is 1. The third-order valence-corrected chi connectivity index (χ3v) is 0.603. The van der Waals surface area contributed by atoms with E-state index in [4.69, 9.17) is 0 Å². The van der Waals surface area contributed by atoms with Crippen molar-refractivity contribution in [3.63, 3.8) is 0 Å². The zero-order chi connectivity index (χ0) is 6.78. The van der Waals surface area contributed by atoms with E-state index in [2.05, 4.69) is 0 Å². The predicted molar refractivity (Wildman–Crippen MR) is 27.9 cm³/mol. The minimum Gasteiger partial charge on any atom is -0.544 e. The summed E-state index contributed by atoms with van der Waals surface area (Å²) >= 11 is 0. The summed E-state index contributed by atoms with van der Waals surface area (Å²) in [6.45, 7) is 0.0694. The topological polar surface area (TPSA) is 40.1 Å². The molecule has 0 saturated carbocycles. The maximum absolute atomic E-state index is 9.89. The number of rotatable bonds is 2. The molecule has 0 fully saturated rings. The van der Waals surface area contributed by atoms with Crippen LogP contribution in [0.5, 0.6) is 0 Å². The Balaban J connectivity index is 0. The quantitative estimate of drug-likeness (QED) is 0.457. The number of carboxylic acids is 1. The Morgan fingerprint density at radius 3 is 1.78 bits per heavy atom. The molecule has 0 unspecified atom stereocenters. The van der Waals surface area contributed by atoms with Crippen molar-refractivity contribution in [1.29, 1.82) is 0 Å². The molecule has 0 N–H and O–H groups in total. The molecule has 0 saturated heterocycles. The molecule has 9 heavy (non-hydrogen) atoms. The van der Waals surface area contributed by atoms with Crippen molar-refractivity contribution in [2.45, 2.75) is 0 Å². The van der Waals surface area contributed by atoms with Gasteiger partial charge in [-0.15, -0.1) is 0 Å². The molecular formula is C5H11AuNO2+. The van der Waals surface area contributed by atoms with Gasteiger partial charge in [0.05, 0.1) is 27.1 Å². The monoisotopic (exact) mass is 314 g/mol. The van der Waals surface area contributed by atoms with E-state index in [1.807, 2.05) is 0 Å². The van der Waals surface area contributed by atoms with Gasteiger partial charge in [0, 0.05) is 0 Å². The van der Waals surface area contributed by atoms with Crippen LogP contribution in [0.4, 0.5) is 0 Å². The summed E-state index contributed by atoms with van der Waals surface area (Å²) in [6, 6.07) is 0. The zero-order valence-electron chi connectivity index (χ0n) is 5.77. The molecule has 0 heterocycles. The molecule has 0 aliphatic heterocycles. The van der Waals surface area contributed by atoms with Crippen LogP contribution in [-0.2, 0) is 27.2 Å². The molecule has 0 radical (unpaired) electrons. The number of nitrogens with zero attached hydrogens (tertiary/aromatic N) is 1. The van der Waals surface area contributed by atoms with E-state index in [0.29, 0.717) is 4.48 Å². The molecule has 4 heteroatoms. The number of hydrogen-bond donors (Lipinski definition) is 0. The number of carboxylic acid groups (broad SMARTS) is 1. The van der Waals surface area contributed by atoms with E-state index in [-0.39, 0.29) is 28.9 Å². The van der Waals surface area contributed by atoms with E-state index in [9.17, 15) is 9.90 Å². The van der Waals surface area contributed by atoms with Crippen LogP contribution in [0.25, 0.3) is 0 Å². The second-order valence-corrected chi connectivity index (χ2v) is 2.82. The molecule has 0 rings (SSSR count). The van der Waals surface area contributed by atoms with E-state index in [0.717, 1.165) is 0 Å². The summed E-state index contributed by atoms with van der Waals surface area (Å²) in [5.74, 6) is -1.00. The molecule has 0 aromatic heterocycles. The summed E-state index contributed by atoms with van der Waals surface area (Å²) in [5.41, 5.74) is 0. The smallest absolute Gasteiger partial charge is 0.544 e.